The zero-order chi connectivity index (χ0) is 32.3. The molecule has 0 fully saturated rings. The van der Waals surface area contributed by atoms with Crippen molar-refractivity contribution in [1.82, 2.24) is 19.3 Å². The van der Waals surface area contributed by atoms with Crippen LogP contribution >= 0.6 is 0 Å². The molecule has 0 atom stereocenters. The van der Waals surface area contributed by atoms with Gasteiger partial charge in [0.25, 0.3) is 0 Å². The molecule has 236 valence electrons. The van der Waals surface area contributed by atoms with E-state index in [9.17, 15) is 0 Å². The molecule has 0 bridgehead atoms. The minimum Gasteiger partial charge on any atom is -0.457 e. The van der Waals surface area contributed by atoms with Crippen molar-refractivity contribution >= 4 is 21.8 Å². The van der Waals surface area contributed by atoms with Crippen molar-refractivity contribution in [2.75, 3.05) is 0 Å². The summed E-state index contributed by atoms with van der Waals surface area (Å²) >= 11 is 0. The number of benzene rings is 4. The summed E-state index contributed by atoms with van der Waals surface area (Å²) in [4.78, 5) is 4.79. The van der Waals surface area contributed by atoms with Crippen molar-refractivity contribution in [3.63, 3.8) is 0 Å². The average molecular weight is 619 g/mol. The van der Waals surface area contributed by atoms with Crippen LogP contribution in [0.4, 0.5) is 0 Å². The van der Waals surface area contributed by atoms with Crippen molar-refractivity contribution in [2.24, 2.45) is 0 Å². The first kappa shape index (κ1) is 30.5. The smallest absolute Gasteiger partial charge is 0.137 e. The summed E-state index contributed by atoms with van der Waals surface area (Å²) in [6, 6.07) is 36.4. The number of fused-ring (bicyclic) bond motifs is 3. The Morgan fingerprint density at radius 3 is 2.34 bits per heavy atom. The molecule has 0 aliphatic carbocycles. The average Bonchev–Trinajstić information content (AvgIpc) is 3.64. The summed E-state index contributed by atoms with van der Waals surface area (Å²) in [6.07, 6.45) is 8.41. The van der Waals surface area contributed by atoms with Crippen molar-refractivity contribution < 1.29 is 4.74 Å². The molecule has 5 nitrogen and oxygen atoms in total. The van der Waals surface area contributed by atoms with Crippen LogP contribution in [0, 0.1) is 6.92 Å². The molecule has 5 heteroatoms. The van der Waals surface area contributed by atoms with Crippen LogP contribution in [0.3, 0.4) is 0 Å². The van der Waals surface area contributed by atoms with Crippen LogP contribution in [-0.2, 0) is 19.3 Å². The number of hydrogen-bond donors (Lipinski definition) is 0. The van der Waals surface area contributed by atoms with E-state index in [0.29, 0.717) is 0 Å². The van der Waals surface area contributed by atoms with Gasteiger partial charge in [0.1, 0.15) is 17.3 Å². The highest BCUT2D eigenvalue weighted by molar-refractivity contribution is 6.09. The Bertz CT molecular complexity index is 2170. The highest BCUT2D eigenvalue weighted by Crippen LogP contribution is 2.37. The maximum Gasteiger partial charge on any atom is 0.137 e. The number of rotatable bonds is 11. The van der Waals surface area contributed by atoms with Gasteiger partial charge in [-0.3, -0.25) is 4.57 Å². The summed E-state index contributed by atoms with van der Waals surface area (Å²) in [5.74, 6) is 2.47. The molecule has 0 amide bonds. The molecule has 0 radical (unpaired) electrons. The molecule has 0 aliphatic heterocycles. The Balaban J connectivity index is 1.29. The molecule has 7 rings (SSSR count). The van der Waals surface area contributed by atoms with Gasteiger partial charge < -0.3 is 4.74 Å². The van der Waals surface area contributed by atoms with Crippen LogP contribution in [0.25, 0.3) is 44.4 Å². The molecule has 0 spiro atoms. The van der Waals surface area contributed by atoms with Crippen molar-refractivity contribution in [3.8, 4) is 34.1 Å². The van der Waals surface area contributed by atoms with Crippen LogP contribution in [0.1, 0.15) is 62.5 Å². The summed E-state index contributed by atoms with van der Waals surface area (Å²) in [5, 5.41) is 7.54. The van der Waals surface area contributed by atoms with E-state index in [1.54, 1.807) is 0 Å². The molecule has 0 saturated heterocycles. The third-order valence-electron chi connectivity index (χ3n) is 9.08. The molecular weight excluding hydrogens is 576 g/mol. The SMILES string of the molecule is CCCCCc1ccc2c(c1)c1ccc(Oc3cccc(-n4nc(CC)c(-c5ccccc5)c4CC)c3)cc1n2-c1cc(C)ccn1. The first-order valence-electron chi connectivity index (χ1n) is 17.0. The van der Waals surface area contributed by atoms with Crippen LogP contribution in [0.2, 0.25) is 0 Å². The predicted molar refractivity (Wildman–Crippen MR) is 194 cm³/mol. The molecule has 0 unspecified atom stereocenters. The lowest BCUT2D eigenvalue weighted by Gasteiger charge is -2.12. The highest BCUT2D eigenvalue weighted by Gasteiger charge is 2.19. The van der Waals surface area contributed by atoms with Gasteiger partial charge in [0, 0.05) is 34.7 Å². The van der Waals surface area contributed by atoms with E-state index in [-0.39, 0.29) is 0 Å². The van der Waals surface area contributed by atoms with Gasteiger partial charge >= 0.3 is 0 Å². The normalized spacial score (nSPS) is 11.5. The van der Waals surface area contributed by atoms with Gasteiger partial charge in [0.15, 0.2) is 0 Å². The van der Waals surface area contributed by atoms with Crippen LogP contribution < -0.4 is 4.74 Å². The fourth-order valence-corrected chi connectivity index (χ4v) is 6.78. The molecule has 7 aromatic rings. The quantitative estimate of drug-likeness (QED) is 0.136. The maximum atomic E-state index is 6.60. The third kappa shape index (κ3) is 5.94. The second-order valence-electron chi connectivity index (χ2n) is 12.4. The number of pyridine rings is 1. The lowest BCUT2D eigenvalue weighted by Crippen LogP contribution is -2.02. The Labute approximate surface area is 277 Å². The summed E-state index contributed by atoms with van der Waals surface area (Å²) < 4.78 is 11.0. The number of aromatic nitrogens is 4. The molecule has 47 heavy (non-hydrogen) atoms. The fraction of sp³-hybridized carbons (Fsp3) is 0.238. The molecule has 4 aromatic carbocycles. The lowest BCUT2D eigenvalue weighted by atomic mass is 10.0. The molecule has 0 N–H and O–H groups in total. The summed E-state index contributed by atoms with van der Waals surface area (Å²) in [6.45, 7) is 8.74. The minimum atomic E-state index is 0.772. The number of aryl methyl sites for hydroxylation is 3. The largest absolute Gasteiger partial charge is 0.457 e. The Morgan fingerprint density at radius 2 is 1.55 bits per heavy atom. The Hall–Kier alpha value is -5.16. The van der Waals surface area contributed by atoms with E-state index in [1.807, 2.05) is 24.4 Å². The van der Waals surface area contributed by atoms with Crippen LogP contribution in [-0.4, -0.2) is 19.3 Å². The van der Waals surface area contributed by atoms with E-state index in [0.717, 1.165) is 59.0 Å². The first-order valence-corrected chi connectivity index (χ1v) is 17.0. The van der Waals surface area contributed by atoms with E-state index in [2.05, 4.69) is 122 Å². The van der Waals surface area contributed by atoms with Crippen LogP contribution in [0.15, 0.2) is 109 Å². The van der Waals surface area contributed by atoms with Gasteiger partial charge in [-0.15, -0.1) is 0 Å². The molecular formula is C42H42N4O. The highest BCUT2D eigenvalue weighted by atomic mass is 16.5. The zero-order valence-corrected chi connectivity index (χ0v) is 27.8. The standard InChI is InChI=1S/C42H42N4O/c1-5-8-10-14-30-19-22-39-36(26-30)35-21-20-34(28-40(35)45(39)41-25-29(4)23-24-43-41)47-33-18-13-17-32(27-33)46-38(7-3)42(37(6-2)44-46)31-15-11-9-12-16-31/h9,11-13,15-28H,5-8,10,14H2,1-4H3. The third-order valence-corrected chi connectivity index (χ3v) is 9.08. The zero-order valence-electron chi connectivity index (χ0n) is 27.8. The topological polar surface area (TPSA) is 44.9 Å². The van der Waals surface area contributed by atoms with E-state index in [1.165, 1.54) is 58.0 Å². The Kier molecular flexibility index (Phi) is 8.62. The number of ether oxygens (including phenoxy) is 1. The van der Waals surface area contributed by atoms with Gasteiger partial charge in [0.2, 0.25) is 0 Å². The Morgan fingerprint density at radius 1 is 0.702 bits per heavy atom. The van der Waals surface area contributed by atoms with Gasteiger partial charge in [-0.05, 0) is 97.8 Å². The van der Waals surface area contributed by atoms with Gasteiger partial charge in [0.05, 0.1) is 28.1 Å². The maximum absolute atomic E-state index is 6.60. The molecule has 0 aliphatic rings. The van der Waals surface area contributed by atoms with Crippen molar-refractivity contribution in [2.45, 2.75) is 66.2 Å². The van der Waals surface area contributed by atoms with E-state index < -0.39 is 0 Å². The van der Waals surface area contributed by atoms with Gasteiger partial charge in [-0.25, -0.2) is 9.67 Å². The lowest BCUT2D eigenvalue weighted by molar-refractivity contribution is 0.482. The molecule has 3 aromatic heterocycles. The van der Waals surface area contributed by atoms with Crippen molar-refractivity contribution in [1.29, 1.82) is 0 Å². The predicted octanol–water partition coefficient (Wildman–Crippen LogP) is 11.0. The second-order valence-corrected chi connectivity index (χ2v) is 12.4. The molecule has 0 saturated carbocycles. The summed E-state index contributed by atoms with van der Waals surface area (Å²) in [7, 11) is 0. The fourth-order valence-electron chi connectivity index (χ4n) is 6.78. The summed E-state index contributed by atoms with van der Waals surface area (Å²) in [5.41, 5.74) is 10.5. The number of nitrogens with zero attached hydrogens (tertiary/aromatic N) is 4. The second kappa shape index (κ2) is 13.3. The van der Waals surface area contributed by atoms with E-state index >= 15 is 0 Å². The monoisotopic (exact) mass is 618 g/mol. The van der Waals surface area contributed by atoms with Crippen molar-refractivity contribution in [3.05, 3.63) is 132 Å². The van der Waals surface area contributed by atoms with E-state index in [4.69, 9.17) is 14.8 Å². The minimum absolute atomic E-state index is 0.772. The van der Waals surface area contributed by atoms with Crippen LogP contribution in [0.5, 0.6) is 11.5 Å². The number of hydrogen-bond acceptors (Lipinski definition) is 3. The van der Waals surface area contributed by atoms with Gasteiger partial charge in [-0.2, -0.15) is 5.10 Å². The number of unbranched alkanes of at least 4 members (excludes halogenated alkanes) is 2. The molecule has 3 heterocycles. The first-order chi connectivity index (χ1) is 23.1. The van der Waals surface area contributed by atoms with Gasteiger partial charge in [-0.1, -0.05) is 76.1 Å².